The molecule has 1 atom stereocenters. The van der Waals surface area contributed by atoms with E-state index in [2.05, 4.69) is 10.3 Å². The van der Waals surface area contributed by atoms with Gasteiger partial charge in [0.05, 0.1) is 18.9 Å². The number of rotatable bonds is 7. The normalized spacial score (nSPS) is 25.0. The third-order valence-corrected chi connectivity index (χ3v) is 4.13. The van der Waals surface area contributed by atoms with Gasteiger partial charge in [0.15, 0.2) is 0 Å². The predicted octanol–water partition coefficient (Wildman–Crippen LogP) is 1.67. The van der Waals surface area contributed by atoms with Gasteiger partial charge in [-0.25, -0.2) is 0 Å². The Labute approximate surface area is 125 Å². The summed E-state index contributed by atoms with van der Waals surface area (Å²) in [5.74, 6) is 1.94. The van der Waals surface area contributed by atoms with Crippen molar-refractivity contribution in [3.8, 4) is 5.88 Å². The van der Waals surface area contributed by atoms with E-state index in [4.69, 9.17) is 19.9 Å². The van der Waals surface area contributed by atoms with Crippen LogP contribution in [0.15, 0.2) is 12.1 Å². The molecule has 21 heavy (non-hydrogen) atoms. The molecule has 0 amide bonds. The number of methoxy groups -OCH3 is 1. The first-order valence-corrected chi connectivity index (χ1v) is 7.47. The van der Waals surface area contributed by atoms with Crippen molar-refractivity contribution in [2.75, 3.05) is 44.5 Å². The van der Waals surface area contributed by atoms with Crippen molar-refractivity contribution in [2.45, 2.75) is 24.9 Å². The Morgan fingerprint density at radius 3 is 3.00 bits per heavy atom. The molecule has 2 heterocycles. The molecule has 3 N–H and O–H groups in total. The molecule has 6 heteroatoms. The molecule has 1 aliphatic heterocycles. The molecule has 0 bridgehead atoms. The molecule has 0 aromatic carbocycles. The highest BCUT2D eigenvalue weighted by atomic mass is 16.5. The van der Waals surface area contributed by atoms with Gasteiger partial charge in [-0.2, -0.15) is 4.98 Å². The zero-order chi connectivity index (χ0) is 14.7. The summed E-state index contributed by atoms with van der Waals surface area (Å²) in [6, 6.07) is 3.68. The molecule has 116 valence electrons. The van der Waals surface area contributed by atoms with Gasteiger partial charge in [-0.05, 0) is 30.9 Å². The first kappa shape index (κ1) is 14.4. The minimum Gasteiger partial charge on any atom is -0.476 e. The molecule has 1 saturated carbocycles. The van der Waals surface area contributed by atoms with Crippen molar-refractivity contribution in [3.05, 3.63) is 12.1 Å². The molecule has 6 nitrogen and oxygen atoms in total. The van der Waals surface area contributed by atoms with Gasteiger partial charge in [-0.3, -0.25) is 0 Å². The summed E-state index contributed by atoms with van der Waals surface area (Å²) >= 11 is 0. The van der Waals surface area contributed by atoms with Crippen molar-refractivity contribution in [1.82, 2.24) is 4.98 Å². The molecular weight excluding hydrogens is 270 g/mol. The third-order valence-electron chi connectivity index (χ3n) is 4.13. The maximum absolute atomic E-state index is 5.91. The van der Waals surface area contributed by atoms with Crippen LogP contribution in [0.1, 0.15) is 19.3 Å². The summed E-state index contributed by atoms with van der Waals surface area (Å²) in [7, 11) is 1.72. The van der Waals surface area contributed by atoms with Crippen LogP contribution in [0.4, 0.5) is 11.5 Å². The van der Waals surface area contributed by atoms with Crippen molar-refractivity contribution < 1.29 is 14.2 Å². The summed E-state index contributed by atoms with van der Waals surface area (Å²) in [5, 5.41) is 3.30. The summed E-state index contributed by atoms with van der Waals surface area (Å²) in [6.07, 6.45) is 3.37. The van der Waals surface area contributed by atoms with E-state index in [9.17, 15) is 0 Å². The molecule has 1 aliphatic carbocycles. The van der Waals surface area contributed by atoms with Crippen molar-refractivity contribution in [1.29, 1.82) is 0 Å². The molecule has 3 rings (SSSR count). The largest absolute Gasteiger partial charge is 0.476 e. The second-order valence-corrected chi connectivity index (χ2v) is 5.89. The highest BCUT2D eigenvalue weighted by molar-refractivity contribution is 5.53. The average molecular weight is 293 g/mol. The number of pyridine rings is 1. The van der Waals surface area contributed by atoms with Crippen LogP contribution in [0.2, 0.25) is 0 Å². The Morgan fingerprint density at radius 1 is 1.48 bits per heavy atom. The molecule has 1 aromatic heterocycles. The number of nitrogens with zero attached hydrogens (tertiary/aromatic N) is 1. The maximum Gasteiger partial charge on any atom is 0.239 e. The van der Waals surface area contributed by atoms with Gasteiger partial charge >= 0.3 is 0 Å². The Hall–Kier alpha value is -1.53. The second-order valence-electron chi connectivity index (χ2n) is 5.89. The fourth-order valence-electron chi connectivity index (χ4n) is 2.36. The lowest BCUT2D eigenvalue weighted by molar-refractivity contribution is -0.00626. The van der Waals surface area contributed by atoms with E-state index in [1.165, 1.54) is 12.8 Å². The van der Waals surface area contributed by atoms with Crippen molar-refractivity contribution in [3.63, 3.8) is 0 Å². The molecular formula is C15H23N3O3. The smallest absolute Gasteiger partial charge is 0.239 e. The van der Waals surface area contributed by atoms with Gasteiger partial charge in [0.25, 0.3) is 0 Å². The Bertz CT molecular complexity index is 485. The molecule has 2 aliphatic rings. The number of nitrogens with two attached hydrogens (primary N) is 1. The number of anilines is 2. The van der Waals surface area contributed by atoms with E-state index >= 15 is 0 Å². The van der Waals surface area contributed by atoms with Crippen LogP contribution >= 0.6 is 0 Å². The third kappa shape index (κ3) is 3.57. The Morgan fingerprint density at radius 2 is 2.33 bits per heavy atom. The fourth-order valence-corrected chi connectivity index (χ4v) is 2.36. The highest BCUT2D eigenvalue weighted by Gasteiger charge is 2.34. The SMILES string of the molecule is COC1(CNc2ccc(N)c(OCC3CC3)n2)CCOC1. The number of aromatic nitrogens is 1. The van der Waals surface area contributed by atoms with Crippen LogP contribution in [0.5, 0.6) is 5.88 Å². The molecule has 0 spiro atoms. The molecule has 1 saturated heterocycles. The van der Waals surface area contributed by atoms with Gasteiger partial charge in [-0.15, -0.1) is 0 Å². The van der Waals surface area contributed by atoms with Gasteiger partial charge < -0.3 is 25.3 Å². The molecule has 0 radical (unpaired) electrons. The lowest BCUT2D eigenvalue weighted by atomic mass is 10.0. The van der Waals surface area contributed by atoms with Gasteiger partial charge in [0, 0.05) is 26.7 Å². The zero-order valence-corrected chi connectivity index (χ0v) is 12.4. The summed E-state index contributed by atoms with van der Waals surface area (Å²) in [5.41, 5.74) is 6.22. The standard InChI is InChI=1S/C15H23N3O3/c1-19-15(6-7-20-10-15)9-17-13-5-4-12(16)14(18-13)21-8-11-2-3-11/h4-5,11H,2-3,6-10,16H2,1H3,(H,17,18). The number of ether oxygens (including phenoxy) is 3. The summed E-state index contributed by atoms with van der Waals surface area (Å²) in [6.45, 7) is 2.70. The Balaban J connectivity index is 1.60. The summed E-state index contributed by atoms with van der Waals surface area (Å²) < 4.78 is 16.7. The number of hydrogen-bond donors (Lipinski definition) is 2. The number of nitrogens with one attached hydrogen (secondary N) is 1. The van der Waals surface area contributed by atoms with Crippen molar-refractivity contribution >= 4 is 11.5 Å². The molecule has 1 aromatic rings. The fraction of sp³-hybridized carbons (Fsp3) is 0.667. The van der Waals surface area contributed by atoms with Gasteiger partial charge in [0.2, 0.25) is 5.88 Å². The van der Waals surface area contributed by atoms with Crippen LogP contribution in [-0.2, 0) is 9.47 Å². The minimum atomic E-state index is -0.266. The van der Waals surface area contributed by atoms with E-state index in [1.54, 1.807) is 7.11 Å². The summed E-state index contributed by atoms with van der Waals surface area (Å²) in [4.78, 5) is 4.44. The van der Waals surface area contributed by atoms with Crippen LogP contribution < -0.4 is 15.8 Å². The first-order valence-electron chi connectivity index (χ1n) is 7.47. The maximum atomic E-state index is 5.91. The van der Waals surface area contributed by atoms with Crippen LogP contribution in [-0.4, -0.2) is 44.1 Å². The van der Waals surface area contributed by atoms with Crippen LogP contribution in [0.3, 0.4) is 0 Å². The van der Waals surface area contributed by atoms with E-state index < -0.39 is 0 Å². The zero-order valence-electron chi connectivity index (χ0n) is 12.4. The molecule has 1 unspecified atom stereocenters. The number of nitrogen functional groups attached to an aromatic ring is 1. The topological polar surface area (TPSA) is 78.6 Å². The van der Waals surface area contributed by atoms with Gasteiger partial charge in [-0.1, -0.05) is 0 Å². The Kier molecular flexibility index (Phi) is 4.17. The second kappa shape index (κ2) is 6.07. The first-order chi connectivity index (χ1) is 10.2. The van der Waals surface area contributed by atoms with E-state index in [0.717, 1.165) is 18.8 Å². The van der Waals surface area contributed by atoms with Crippen LogP contribution in [0.25, 0.3) is 0 Å². The lowest BCUT2D eigenvalue weighted by Gasteiger charge is -2.26. The number of hydrogen-bond acceptors (Lipinski definition) is 6. The monoisotopic (exact) mass is 293 g/mol. The van der Waals surface area contributed by atoms with E-state index in [1.807, 2.05) is 12.1 Å². The van der Waals surface area contributed by atoms with Gasteiger partial charge in [0.1, 0.15) is 11.4 Å². The quantitative estimate of drug-likeness (QED) is 0.796. The molecule has 2 fully saturated rings. The van der Waals surface area contributed by atoms with Crippen LogP contribution in [0, 0.1) is 5.92 Å². The highest BCUT2D eigenvalue weighted by Crippen LogP contribution is 2.31. The van der Waals surface area contributed by atoms with E-state index in [0.29, 0.717) is 37.2 Å². The predicted molar refractivity (Wildman–Crippen MR) is 80.5 cm³/mol. The lowest BCUT2D eigenvalue weighted by Crippen LogP contribution is -2.39. The minimum absolute atomic E-state index is 0.266. The van der Waals surface area contributed by atoms with E-state index in [-0.39, 0.29) is 5.60 Å². The average Bonchev–Trinajstić information content (AvgIpc) is 3.22. The van der Waals surface area contributed by atoms with Crippen molar-refractivity contribution in [2.24, 2.45) is 5.92 Å².